The summed E-state index contributed by atoms with van der Waals surface area (Å²) < 4.78 is 33.4. The number of rotatable bonds is 35. The van der Waals surface area contributed by atoms with Crippen LogP contribution in [0.3, 0.4) is 0 Å². The molecule has 1 fully saturated rings. The maximum atomic E-state index is 12.8. The lowest BCUT2D eigenvalue weighted by molar-refractivity contribution is -0.220. The molecule has 7 N–H and O–H groups in total. The summed E-state index contributed by atoms with van der Waals surface area (Å²) in [6.45, 7) is 2.93. The van der Waals surface area contributed by atoms with E-state index in [0.29, 0.717) is 19.3 Å². The van der Waals surface area contributed by atoms with Crippen molar-refractivity contribution in [3.63, 3.8) is 0 Å². The van der Waals surface area contributed by atoms with Crippen molar-refractivity contribution in [2.24, 2.45) is 0 Å². The monoisotopic (exact) mass is 873 g/mol. The SMILES string of the molecule is CCCCCC/C=C\CCCCCCCC(=O)O[C@H](COC(=O)CCC/C=C\C/C=C\C/C=C\C/C=C\CC[C@@H](O)CC)COP(=O)(O)OC1[C@H](O)[C@H](O)C(O)[C@H](O)[C@H]1O. The summed E-state index contributed by atoms with van der Waals surface area (Å²) in [5, 5.41) is 59.6. The predicted octanol–water partition coefficient (Wildman–Crippen LogP) is 7.14. The topological polar surface area (TPSA) is 230 Å². The summed E-state index contributed by atoms with van der Waals surface area (Å²) >= 11 is 0. The fraction of sp³-hybridized carbons (Fsp3) is 0.733. The van der Waals surface area contributed by atoms with Gasteiger partial charge in [-0.1, -0.05) is 113 Å². The van der Waals surface area contributed by atoms with Gasteiger partial charge in [-0.2, -0.15) is 0 Å². The fourth-order valence-electron chi connectivity index (χ4n) is 6.19. The fourth-order valence-corrected chi connectivity index (χ4v) is 7.17. The van der Waals surface area contributed by atoms with Gasteiger partial charge in [0.05, 0.1) is 12.7 Å². The number of allylic oxidation sites excluding steroid dienone is 10. The minimum Gasteiger partial charge on any atom is -0.462 e. The second-order valence-electron chi connectivity index (χ2n) is 15.3. The lowest BCUT2D eigenvalue weighted by Gasteiger charge is -2.41. The number of aliphatic hydroxyl groups is 6. The first-order chi connectivity index (χ1) is 28.8. The van der Waals surface area contributed by atoms with Gasteiger partial charge >= 0.3 is 19.8 Å². The molecular weight excluding hydrogens is 795 g/mol. The number of aliphatic hydroxyl groups excluding tert-OH is 6. The number of unbranched alkanes of at least 4 members (excludes halogenated alkanes) is 10. The van der Waals surface area contributed by atoms with Crippen molar-refractivity contribution in [2.75, 3.05) is 13.2 Å². The van der Waals surface area contributed by atoms with E-state index in [0.717, 1.165) is 77.0 Å². The number of phosphoric acid groups is 1. The molecule has 9 atom stereocenters. The normalized spacial score (nSPS) is 23.3. The second-order valence-corrected chi connectivity index (χ2v) is 16.7. The van der Waals surface area contributed by atoms with Gasteiger partial charge in [0.1, 0.15) is 43.2 Å². The van der Waals surface area contributed by atoms with E-state index in [-0.39, 0.29) is 18.9 Å². The van der Waals surface area contributed by atoms with Crippen molar-refractivity contribution >= 4 is 19.8 Å². The first kappa shape index (κ1) is 55.5. The van der Waals surface area contributed by atoms with Gasteiger partial charge in [0.2, 0.25) is 0 Å². The number of hydrogen-bond donors (Lipinski definition) is 7. The van der Waals surface area contributed by atoms with Gasteiger partial charge in [-0.3, -0.25) is 18.6 Å². The Morgan fingerprint density at radius 3 is 1.63 bits per heavy atom. The largest absolute Gasteiger partial charge is 0.472 e. The summed E-state index contributed by atoms with van der Waals surface area (Å²) in [5.74, 6) is -1.20. The first-order valence-corrected chi connectivity index (χ1v) is 23.7. The van der Waals surface area contributed by atoms with Crippen molar-refractivity contribution in [1.29, 1.82) is 0 Å². The molecule has 14 nitrogen and oxygen atoms in total. The number of ether oxygens (including phenoxy) is 2. The Kier molecular flexibility index (Phi) is 32.4. The van der Waals surface area contributed by atoms with Crippen LogP contribution in [0.1, 0.15) is 149 Å². The molecule has 0 amide bonds. The van der Waals surface area contributed by atoms with Gasteiger partial charge in [0, 0.05) is 12.8 Å². The molecule has 0 saturated heterocycles. The molecule has 0 aromatic rings. The highest BCUT2D eigenvalue weighted by Gasteiger charge is 2.51. The minimum absolute atomic E-state index is 0.0655. The average Bonchev–Trinajstić information content (AvgIpc) is 3.23. The molecule has 1 rings (SSSR count). The molecule has 3 unspecified atom stereocenters. The van der Waals surface area contributed by atoms with Crippen LogP contribution in [0.15, 0.2) is 60.8 Å². The van der Waals surface area contributed by atoms with Crippen LogP contribution in [0, 0.1) is 0 Å². The van der Waals surface area contributed by atoms with Crippen molar-refractivity contribution in [3.05, 3.63) is 60.8 Å². The Labute approximate surface area is 358 Å². The van der Waals surface area contributed by atoms with Gasteiger partial charge in [0.15, 0.2) is 6.10 Å². The molecular formula is C45H77O14P. The maximum absolute atomic E-state index is 12.8. The number of hydrogen-bond acceptors (Lipinski definition) is 13. The molecule has 346 valence electrons. The van der Waals surface area contributed by atoms with Crippen LogP contribution in [0.5, 0.6) is 0 Å². The third-order valence-corrected chi connectivity index (χ3v) is 11.0. The summed E-state index contributed by atoms with van der Waals surface area (Å²) in [5.41, 5.74) is 0. The van der Waals surface area contributed by atoms with Crippen LogP contribution in [0.2, 0.25) is 0 Å². The quantitative estimate of drug-likeness (QED) is 0.0145. The van der Waals surface area contributed by atoms with E-state index in [1.807, 2.05) is 19.1 Å². The zero-order valence-electron chi connectivity index (χ0n) is 36.1. The van der Waals surface area contributed by atoms with Gasteiger partial charge in [-0.25, -0.2) is 4.57 Å². The van der Waals surface area contributed by atoms with Crippen molar-refractivity contribution < 1.29 is 68.2 Å². The highest BCUT2D eigenvalue weighted by Crippen LogP contribution is 2.47. The maximum Gasteiger partial charge on any atom is 0.472 e. The van der Waals surface area contributed by atoms with Crippen molar-refractivity contribution in [2.45, 2.75) is 198 Å². The van der Waals surface area contributed by atoms with E-state index in [4.69, 9.17) is 18.5 Å². The van der Waals surface area contributed by atoms with E-state index in [9.17, 15) is 49.7 Å². The van der Waals surface area contributed by atoms with Crippen molar-refractivity contribution in [1.82, 2.24) is 0 Å². The Bertz CT molecular complexity index is 1300. The molecule has 15 heteroatoms. The lowest BCUT2D eigenvalue weighted by Crippen LogP contribution is -2.64. The molecule has 0 spiro atoms. The van der Waals surface area contributed by atoms with Crippen LogP contribution in [-0.2, 0) is 32.7 Å². The standard InChI is InChI=1S/C45H77O14P/c1-3-5-6-7-8-9-10-13-18-21-24-27-30-33-39(48)58-37(35-57-60(54,55)59-45-43(52)41(50)40(49)42(51)44(45)53)34-56-38(47)32-29-26-23-20-17-15-12-11-14-16-19-22-25-28-31-36(46)4-2/h9-10,12,14-16,20,22-23,25,36-37,40-46,49-53H,3-8,11,13,17-19,21,24,26-35H2,1-2H3,(H,54,55)/b10-9-,15-12-,16-14-,23-20-,25-22-/t36-,37+,40?,41-,42+,43+,44+,45?/m0/s1. The zero-order chi connectivity index (χ0) is 44.4. The Hall–Kier alpha value is -2.49. The average molecular weight is 873 g/mol. The highest BCUT2D eigenvalue weighted by atomic mass is 31.2. The van der Waals surface area contributed by atoms with E-state index in [1.165, 1.54) is 25.7 Å². The number of phosphoric ester groups is 1. The van der Waals surface area contributed by atoms with Crippen LogP contribution in [0.4, 0.5) is 0 Å². The second kappa shape index (κ2) is 35.0. The summed E-state index contributed by atoms with van der Waals surface area (Å²) in [4.78, 5) is 35.6. The molecule has 0 heterocycles. The summed E-state index contributed by atoms with van der Waals surface area (Å²) in [6, 6.07) is 0. The van der Waals surface area contributed by atoms with Gasteiger partial charge in [-0.15, -0.1) is 0 Å². The van der Waals surface area contributed by atoms with Gasteiger partial charge < -0.3 is 45.0 Å². The van der Waals surface area contributed by atoms with E-state index < -0.39 is 75.7 Å². The third kappa shape index (κ3) is 27.5. The zero-order valence-corrected chi connectivity index (χ0v) is 37.0. The molecule has 1 aliphatic rings. The molecule has 0 aromatic heterocycles. The lowest BCUT2D eigenvalue weighted by atomic mass is 9.85. The molecule has 0 bridgehead atoms. The molecule has 1 aliphatic carbocycles. The van der Waals surface area contributed by atoms with E-state index in [1.54, 1.807) is 0 Å². The Morgan fingerprint density at radius 1 is 0.583 bits per heavy atom. The van der Waals surface area contributed by atoms with Crippen LogP contribution < -0.4 is 0 Å². The van der Waals surface area contributed by atoms with Gasteiger partial charge in [-0.05, 0) is 83.5 Å². The van der Waals surface area contributed by atoms with Gasteiger partial charge in [0.25, 0.3) is 0 Å². The number of esters is 2. The minimum atomic E-state index is -5.14. The summed E-state index contributed by atoms with van der Waals surface area (Å²) in [7, 11) is -5.14. The number of carbonyl (C=O) groups is 2. The molecule has 0 radical (unpaired) electrons. The highest BCUT2D eigenvalue weighted by molar-refractivity contribution is 7.47. The number of carbonyl (C=O) groups excluding carboxylic acids is 2. The first-order valence-electron chi connectivity index (χ1n) is 22.2. The van der Waals surface area contributed by atoms with Crippen LogP contribution >= 0.6 is 7.82 Å². The Morgan fingerprint density at radius 2 is 1.05 bits per heavy atom. The van der Waals surface area contributed by atoms with Crippen molar-refractivity contribution in [3.8, 4) is 0 Å². The Balaban J connectivity index is 2.53. The third-order valence-electron chi connectivity index (χ3n) is 10.00. The smallest absolute Gasteiger partial charge is 0.462 e. The molecule has 1 saturated carbocycles. The van der Waals surface area contributed by atoms with Crippen LogP contribution in [-0.4, -0.2) is 110 Å². The molecule has 0 aliphatic heterocycles. The summed E-state index contributed by atoms with van der Waals surface area (Å²) in [6.07, 6.45) is 25.1. The molecule has 60 heavy (non-hydrogen) atoms. The molecule has 0 aromatic carbocycles. The van der Waals surface area contributed by atoms with Crippen LogP contribution in [0.25, 0.3) is 0 Å². The van der Waals surface area contributed by atoms with E-state index >= 15 is 0 Å². The predicted molar refractivity (Wildman–Crippen MR) is 232 cm³/mol. The van der Waals surface area contributed by atoms with E-state index in [2.05, 4.69) is 55.5 Å².